The predicted octanol–water partition coefficient (Wildman–Crippen LogP) is 3.05. The summed E-state index contributed by atoms with van der Waals surface area (Å²) < 4.78 is 24.1. The highest BCUT2D eigenvalue weighted by atomic mass is 35.5. The van der Waals surface area contributed by atoms with Gasteiger partial charge in [-0.1, -0.05) is 47.6 Å². The molecule has 4 rings (SSSR count). The number of nitrogens with one attached hydrogen (secondary N) is 1. The Morgan fingerprint density at radius 3 is 2.71 bits per heavy atom. The van der Waals surface area contributed by atoms with Crippen LogP contribution in [0.3, 0.4) is 0 Å². The van der Waals surface area contributed by atoms with Crippen molar-refractivity contribution in [2.75, 3.05) is 27.5 Å². The fourth-order valence-corrected chi connectivity index (χ4v) is 6.37. The van der Waals surface area contributed by atoms with Gasteiger partial charge >= 0.3 is 0 Å². The van der Waals surface area contributed by atoms with Crippen LogP contribution in [0, 0.1) is 0 Å². The van der Waals surface area contributed by atoms with Crippen LogP contribution < -0.4 is 10.2 Å². The molecule has 0 saturated carbocycles. The van der Waals surface area contributed by atoms with Crippen LogP contribution in [0.1, 0.15) is 0 Å². The Bertz CT molecular complexity index is 1030. The number of sulfone groups is 1. The largest absolute Gasteiger partial charge is 0.325 e. The van der Waals surface area contributed by atoms with Gasteiger partial charge in [0.15, 0.2) is 15.0 Å². The van der Waals surface area contributed by atoms with Gasteiger partial charge in [0.1, 0.15) is 0 Å². The number of hydrogen-bond donors (Lipinski definition) is 1. The molecular formula is C19H18ClN3O3S2. The van der Waals surface area contributed by atoms with Crippen molar-refractivity contribution >= 4 is 55.6 Å². The second-order valence-electron chi connectivity index (χ2n) is 6.68. The van der Waals surface area contributed by atoms with Gasteiger partial charge in [-0.15, -0.1) is 0 Å². The van der Waals surface area contributed by atoms with Crippen molar-refractivity contribution in [1.82, 2.24) is 0 Å². The Hall–Kier alpha value is -2.03. The Labute approximate surface area is 172 Å². The molecular weight excluding hydrogens is 418 g/mol. The van der Waals surface area contributed by atoms with Gasteiger partial charge in [-0.25, -0.2) is 8.42 Å². The molecule has 1 fully saturated rings. The number of benzene rings is 2. The van der Waals surface area contributed by atoms with E-state index >= 15 is 0 Å². The number of anilines is 2. The molecule has 2 heterocycles. The monoisotopic (exact) mass is 435 g/mol. The molecule has 28 heavy (non-hydrogen) atoms. The van der Waals surface area contributed by atoms with E-state index in [0.29, 0.717) is 15.9 Å². The van der Waals surface area contributed by atoms with E-state index in [1.165, 1.54) is 11.8 Å². The molecule has 2 atom stereocenters. The van der Waals surface area contributed by atoms with Crippen molar-refractivity contribution in [2.24, 2.45) is 4.99 Å². The summed E-state index contributed by atoms with van der Waals surface area (Å²) in [5.74, 6) is 0.128. The van der Waals surface area contributed by atoms with Crippen LogP contribution in [-0.4, -0.2) is 48.8 Å². The van der Waals surface area contributed by atoms with Gasteiger partial charge < -0.3 is 10.2 Å². The molecule has 146 valence electrons. The highest BCUT2D eigenvalue weighted by Gasteiger charge is 2.47. The fourth-order valence-electron chi connectivity index (χ4n) is 3.42. The molecule has 0 spiro atoms. The Morgan fingerprint density at radius 2 is 1.96 bits per heavy atom. The van der Waals surface area contributed by atoms with Crippen molar-refractivity contribution in [3.63, 3.8) is 0 Å². The summed E-state index contributed by atoms with van der Waals surface area (Å²) in [5.41, 5.74) is 1.52. The van der Waals surface area contributed by atoms with Crippen molar-refractivity contribution < 1.29 is 13.2 Å². The lowest BCUT2D eigenvalue weighted by atomic mass is 10.1. The standard InChI is InChI=1S/C19H18ClN3O3S2/c20-13-5-4-6-14(9-13)21-18(24)10-27-19-22-16-11-28(25,26)12-17(16)23(19)15-7-2-1-3-8-15/h1-9,16-17H,10-12H2,(H,21,24)/t16-,17+/m0/s1. The molecule has 0 radical (unpaired) electrons. The second kappa shape index (κ2) is 7.77. The summed E-state index contributed by atoms with van der Waals surface area (Å²) in [6.45, 7) is 0. The van der Waals surface area contributed by atoms with E-state index in [9.17, 15) is 13.2 Å². The van der Waals surface area contributed by atoms with Gasteiger partial charge in [-0.2, -0.15) is 0 Å². The number of amidine groups is 1. The zero-order valence-electron chi connectivity index (χ0n) is 14.8. The van der Waals surface area contributed by atoms with Crippen LogP contribution in [0.5, 0.6) is 0 Å². The summed E-state index contributed by atoms with van der Waals surface area (Å²) in [5, 5.41) is 4.04. The van der Waals surface area contributed by atoms with Crippen LogP contribution in [0.15, 0.2) is 59.6 Å². The maximum absolute atomic E-state index is 12.3. The normalized spacial score (nSPS) is 22.6. The first kappa shape index (κ1) is 19.3. The number of carbonyl (C=O) groups is 1. The van der Waals surface area contributed by atoms with E-state index in [2.05, 4.69) is 10.3 Å². The van der Waals surface area contributed by atoms with Gasteiger partial charge in [0.2, 0.25) is 5.91 Å². The quantitative estimate of drug-likeness (QED) is 0.798. The predicted molar refractivity (Wildman–Crippen MR) is 115 cm³/mol. The summed E-state index contributed by atoms with van der Waals surface area (Å²) in [4.78, 5) is 18.9. The van der Waals surface area contributed by atoms with E-state index in [0.717, 1.165) is 5.69 Å². The Balaban J connectivity index is 1.48. The van der Waals surface area contributed by atoms with Crippen molar-refractivity contribution in [1.29, 1.82) is 0 Å². The molecule has 2 aliphatic heterocycles. The maximum atomic E-state index is 12.3. The van der Waals surface area contributed by atoms with E-state index in [4.69, 9.17) is 11.6 Å². The zero-order valence-corrected chi connectivity index (χ0v) is 17.2. The number of halogens is 1. The highest BCUT2D eigenvalue weighted by Crippen LogP contribution is 2.35. The molecule has 0 aliphatic carbocycles. The van der Waals surface area contributed by atoms with Gasteiger partial charge in [-0.3, -0.25) is 9.79 Å². The summed E-state index contributed by atoms with van der Waals surface area (Å²) >= 11 is 7.25. The maximum Gasteiger partial charge on any atom is 0.234 e. The summed E-state index contributed by atoms with van der Waals surface area (Å²) in [7, 11) is -3.10. The summed E-state index contributed by atoms with van der Waals surface area (Å²) in [6.07, 6.45) is 0. The summed E-state index contributed by atoms with van der Waals surface area (Å²) in [6, 6.07) is 16.0. The van der Waals surface area contributed by atoms with Crippen LogP contribution >= 0.6 is 23.4 Å². The number of rotatable bonds is 4. The number of amides is 1. The number of thioether (sulfide) groups is 1. The Kier molecular flexibility index (Phi) is 5.35. The third-order valence-corrected chi connectivity index (χ3v) is 7.48. The number of nitrogens with zero attached hydrogens (tertiary/aromatic N) is 2. The van der Waals surface area contributed by atoms with E-state index in [1.807, 2.05) is 35.2 Å². The zero-order chi connectivity index (χ0) is 19.7. The van der Waals surface area contributed by atoms with Gasteiger partial charge in [0.25, 0.3) is 0 Å². The van der Waals surface area contributed by atoms with E-state index < -0.39 is 9.84 Å². The average Bonchev–Trinajstić information content (AvgIpc) is 3.11. The molecule has 0 aromatic heterocycles. The molecule has 1 N–H and O–H groups in total. The first-order valence-electron chi connectivity index (χ1n) is 8.72. The minimum Gasteiger partial charge on any atom is -0.325 e. The van der Waals surface area contributed by atoms with Crippen molar-refractivity contribution in [3.05, 3.63) is 59.6 Å². The minimum absolute atomic E-state index is 0.0553. The lowest BCUT2D eigenvalue weighted by Gasteiger charge is -2.26. The van der Waals surface area contributed by atoms with Crippen molar-refractivity contribution in [3.8, 4) is 0 Å². The third-order valence-electron chi connectivity index (χ3n) is 4.58. The van der Waals surface area contributed by atoms with E-state index in [1.54, 1.807) is 24.3 Å². The van der Waals surface area contributed by atoms with Crippen LogP contribution in [-0.2, 0) is 14.6 Å². The SMILES string of the molecule is O=C(CSC1=N[C@H]2CS(=O)(=O)C[C@H]2N1c1ccccc1)Nc1cccc(Cl)c1. The number of carbonyl (C=O) groups excluding carboxylic acids is 1. The fraction of sp³-hybridized carbons (Fsp3) is 0.263. The van der Waals surface area contributed by atoms with Crippen LogP contribution in [0.25, 0.3) is 0 Å². The number of aliphatic imine (C=N–C) groups is 1. The first-order valence-corrected chi connectivity index (χ1v) is 11.9. The van der Waals surface area contributed by atoms with Crippen molar-refractivity contribution in [2.45, 2.75) is 12.1 Å². The molecule has 1 amide bonds. The first-order chi connectivity index (χ1) is 13.4. The lowest BCUT2D eigenvalue weighted by Crippen LogP contribution is -2.39. The Morgan fingerprint density at radius 1 is 1.18 bits per heavy atom. The van der Waals surface area contributed by atoms with Gasteiger partial charge in [0, 0.05) is 16.4 Å². The molecule has 6 nitrogen and oxygen atoms in total. The number of para-hydroxylation sites is 1. The molecule has 0 unspecified atom stereocenters. The average molecular weight is 436 g/mol. The molecule has 0 bridgehead atoms. The van der Waals surface area contributed by atoms with E-state index in [-0.39, 0.29) is 35.2 Å². The number of hydrogen-bond acceptors (Lipinski definition) is 6. The van der Waals surface area contributed by atoms with Gasteiger partial charge in [0.05, 0.1) is 29.3 Å². The molecule has 2 aromatic carbocycles. The lowest BCUT2D eigenvalue weighted by molar-refractivity contribution is -0.113. The molecule has 2 aliphatic rings. The van der Waals surface area contributed by atoms with Gasteiger partial charge in [-0.05, 0) is 30.3 Å². The second-order valence-corrected chi connectivity index (χ2v) is 10.2. The smallest absolute Gasteiger partial charge is 0.234 e. The van der Waals surface area contributed by atoms with Crippen LogP contribution in [0.2, 0.25) is 5.02 Å². The molecule has 9 heteroatoms. The minimum atomic E-state index is -3.10. The molecule has 2 aromatic rings. The topological polar surface area (TPSA) is 78.8 Å². The molecule has 1 saturated heterocycles. The highest BCUT2D eigenvalue weighted by molar-refractivity contribution is 8.14. The third kappa shape index (κ3) is 4.19. The number of fused-ring (bicyclic) bond motifs is 1. The van der Waals surface area contributed by atoms with Crippen LogP contribution in [0.4, 0.5) is 11.4 Å².